The topological polar surface area (TPSA) is 140 Å². The highest BCUT2D eigenvalue weighted by atomic mass is 16.7. The van der Waals surface area contributed by atoms with Gasteiger partial charge < -0.3 is 40.1 Å². The molecule has 17 atom stereocenters. The van der Waals surface area contributed by atoms with Crippen LogP contribution in [0.3, 0.4) is 0 Å². The Bertz CT molecular complexity index is 1090. The molecule has 5 aliphatic carbocycles. The molecule has 6 aliphatic rings. The first-order chi connectivity index (χ1) is 20.3. The maximum Gasteiger partial charge on any atom is 0.186 e. The lowest BCUT2D eigenvalue weighted by Crippen LogP contribution is -2.70. The number of aliphatic hydroxyl groups is 6. The highest BCUT2D eigenvalue weighted by Crippen LogP contribution is 2.77. The zero-order valence-electron chi connectivity index (χ0n) is 28.5. The third-order valence-electron chi connectivity index (χ3n) is 16.3. The van der Waals surface area contributed by atoms with Crippen LogP contribution < -0.4 is 0 Å². The van der Waals surface area contributed by atoms with E-state index in [0.29, 0.717) is 23.7 Å². The number of aliphatic hydroxyl groups excluding tert-OH is 5. The Balaban J connectivity index is 1.27. The summed E-state index contributed by atoms with van der Waals surface area (Å²) >= 11 is 0. The number of rotatable bonds is 3. The second kappa shape index (κ2) is 10.6. The van der Waals surface area contributed by atoms with E-state index in [-0.39, 0.29) is 45.2 Å². The lowest BCUT2D eigenvalue weighted by molar-refractivity contribution is -0.333. The number of hydrogen-bond acceptors (Lipinski definition) is 8. The fourth-order valence-electron chi connectivity index (χ4n) is 13.2. The van der Waals surface area contributed by atoms with E-state index < -0.39 is 42.9 Å². The summed E-state index contributed by atoms with van der Waals surface area (Å²) in [6, 6.07) is 0. The monoisotopic (exact) mass is 622 g/mol. The SMILES string of the molecule is C[C@H]1[C@@H]2[C@H]3CC[C@@H]4[C@@]5(C)CC[C@H](O[C@@H]6O[C@H](CO)[C@@H](O)[C@H](O)[C@H]6O)C(C)(C)[C@@H]5CC[C@@]4(C)[C@]3(C)C[C@H](O)[C@@]2(C)CC[C@]1(C)O. The first-order valence-corrected chi connectivity index (χ1v) is 17.7. The van der Waals surface area contributed by atoms with E-state index in [4.69, 9.17) is 9.47 Å². The van der Waals surface area contributed by atoms with Crippen molar-refractivity contribution in [3.63, 3.8) is 0 Å². The summed E-state index contributed by atoms with van der Waals surface area (Å²) in [5.41, 5.74) is -0.970. The minimum Gasteiger partial charge on any atom is -0.394 e. The quantitative estimate of drug-likeness (QED) is 0.260. The van der Waals surface area contributed by atoms with Crippen LogP contribution in [0.4, 0.5) is 0 Å². The molecule has 254 valence electrons. The second-order valence-corrected chi connectivity index (χ2v) is 18.2. The van der Waals surface area contributed by atoms with Crippen LogP contribution in [0.2, 0.25) is 0 Å². The molecule has 5 saturated carbocycles. The van der Waals surface area contributed by atoms with E-state index in [0.717, 1.165) is 57.8 Å². The molecule has 8 heteroatoms. The predicted octanol–water partition coefficient (Wildman–Crippen LogP) is 4.01. The molecule has 0 bridgehead atoms. The van der Waals surface area contributed by atoms with Crippen molar-refractivity contribution in [2.45, 2.75) is 162 Å². The molecule has 8 nitrogen and oxygen atoms in total. The Hall–Kier alpha value is -0.320. The van der Waals surface area contributed by atoms with Gasteiger partial charge in [0.15, 0.2) is 6.29 Å². The molecule has 6 N–H and O–H groups in total. The minimum atomic E-state index is -1.45. The van der Waals surface area contributed by atoms with Crippen LogP contribution in [-0.4, -0.2) is 85.8 Å². The summed E-state index contributed by atoms with van der Waals surface area (Å²) in [4.78, 5) is 0. The van der Waals surface area contributed by atoms with Crippen molar-refractivity contribution in [1.29, 1.82) is 0 Å². The summed E-state index contributed by atoms with van der Waals surface area (Å²) < 4.78 is 12.2. The summed E-state index contributed by atoms with van der Waals surface area (Å²) in [5.74, 6) is 1.78. The normalized spacial score (nSPS) is 60.4. The molecule has 6 fully saturated rings. The van der Waals surface area contributed by atoms with Gasteiger partial charge in [-0.15, -0.1) is 0 Å². The standard InChI is InChI=1S/C36H62O8/c1-19-26-20-9-10-23-32(4)13-12-25(44-30-29(41)28(40)27(39)21(18-37)43-30)31(2,3)22(32)11-14-34(23,6)35(20,7)17-24(38)33(26,5)15-16-36(19,8)42/h19-30,37-42H,9-18H2,1-8H3/t19-,20+,21+,22-,23+,24-,25-,26+,27+,28-,29+,30-,32-,33+,34+,35+,36-/m0/s1. The molecule has 0 radical (unpaired) electrons. The van der Waals surface area contributed by atoms with Crippen molar-refractivity contribution in [1.82, 2.24) is 0 Å². The van der Waals surface area contributed by atoms with Crippen molar-refractivity contribution in [3.05, 3.63) is 0 Å². The zero-order chi connectivity index (χ0) is 32.4. The molecule has 1 saturated heterocycles. The second-order valence-electron chi connectivity index (χ2n) is 18.2. The van der Waals surface area contributed by atoms with Gasteiger partial charge in [0.2, 0.25) is 0 Å². The van der Waals surface area contributed by atoms with E-state index >= 15 is 0 Å². The molecule has 0 spiro atoms. The van der Waals surface area contributed by atoms with Gasteiger partial charge in [0.1, 0.15) is 24.4 Å². The first kappa shape index (κ1) is 33.6. The molecule has 0 amide bonds. The molecule has 1 aliphatic heterocycles. The van der Waals surface area contributed by atoms with E-state index in [1.807, 2.05) is 6.92 Å². The molecular formula is C36H62O8. The van der Waals surface area contributed by atoms with Crippen molar-refractivity contribution >= 4 is 0 Å². The van der Waals surface area contributed by atoms with Gasteiger partial charge in [-0.1, -0.05) is 48.5 Å². The van der Waals surface area contributed by atoms with Crippen LogP contribution in [0.25, 0.3) is 0 Å². The Labute approximate surface area is 264 Å². The highest BCUT2D eigenvalue weighted by molar-refractivity contribution is 5.20. The largest absolute Gasteiger partial charge is 0.394 e. The van der Waals surface area contributed by atoms with Gasteiger partial charge in [0, 0.05) is 0 Å². The van der Waals surface area contributed by atoms with Crippen molar-refractivity contribution in [3.8, 4) is 0 Å². The Kier molecular flexibility index (Phi) is 8.08. The van der Waals surface area contributed by atoms with Crippen LogP contribution in [0, 0.1) is 56.7 Å². The number of ether oxygens (including phenoxy) is 2. The molecule has 44 heavy (non-hydrogen) atoms. The van der Waals surface area contributed by atoms with Crippen LogP contribution in [-0.2, 0) is 9.47 Å². The molecule has 0 aromatic heterocycles. The fourth-order valence-corrected chi connectivity index (χ4v) is 13.2. The average molecular weight is 623 g/mol. The first-order valence-electron chi connectivity index (χ1n) is 17.7. The van der Waals surface area contributed by atoms with Crippen LogP contribution >= 0.6 is 0 Å². The maximum absolute atomic E-state index is 11.9. The van der Waals surface area contributed by atoms with Crippen LogP contribution in [0.1, 0.15) is 113 Å². The molecule has 0 aromatic rings. The predicted molar refractivity (Wildman–Crippen MR) is 166 cm³/mol. The van der Waals surface area contributed by atoms with Gasteiger partial charge in [0.25, 0.3) is 0 Å². The van der Waals surface area contributed by atoms with Gasteiger partial charge in [-0.2, -0.15) is 0 Å². The van der Waals surface area contributed by atoms with Gasteiger partial charge in [-0.05, 0) is 121 Å². The summed E-state index contributed by atoms with van der Waals surface area (Å²) in [7, 11) is 0. The Morgan fingerprint density at radius 3 is 2.07 bits per heavy atom. The fraction of sp³-hybridized carbons (Fsp3) is 1.00. The van der Waals surface area contributed by atoms with E-state index in [1.54, 1.807) is 0 Å². The molecule has 0 aromatic carbocycles. The minimum absolute atomic E-state index is 0.0248. The van der Waals surface area contributed by atoms with E-state index in [1.165, 1.54) is 0 Å². The average Bonchev–Trinajstić information content (AvgIpc) is 2.94. The van der Waals surface area contributed by atoms with Crippen LogP contribution in [0.5, 0.6) is 0 Å². The van der Waals surface area contributed by atoms with E-state index in [2.05, 4.69) is 48.5 Å². The molecular weight excluding hydrogens is 560 g/mol. The van der Waals surface area contributed by atoms with E-state index in [9.17, 15) is 30.6 Å². The zero-order valence-corrected chi connectivity index (χ0v) is 28.5. The lowest BCUT2D eigenvalue weighted by Gasteiger charge is -2.74. The Morgan fingerprint density at radius 1 is 0.727 bits per heavy atom. The van der Waals surface area contributed by atoms with Gasteiger partial charge in [0.05, 0.1) is 24.4 Å². The molecule has 0 unspecified atom stereocenters. The van der Waals surface area contributed by atoms with Gasteiger partial charge >= 0.3 is 0 Å². The van der Waals surface area contributed by atoms with Gasteiger partial charge in [-0.25, -0.2) is 0 Å². The third-order valence-corrected chi connectivity index (χ3v) is 16.3. The van der Waals surface area contributed by atoms with Gasteiger partial charge in [-0.3, -0.25) is 0 Å². The highest BCUT2D eigenvalue weighted by Gasteiger charge is 2.72. The summed E-state index contributed by atoms with van der Waals surface area (Å²) in [6.07, 6.45) is 1.77. The smallest absolute Gasteiger partial charge is 0.186 e. The van der Waals surface area contributed by atoms with Crippen LogP contribution in [0.15, 0.2) is 0 Å². The number of hydrogen-bond donors (Lipinski definition) is 6. The van der Waals surface area contributed by atoms with Crippen molar-refractivity contribution in [2.75, 3.05) is 6.61 Å². The maximum atomic E-state index is 11.9. The van der Waals surface area contributed by atoms with Crippen molar-refractivity contribution < 1.29 is 40.1 Å². The third kappa shape index (κ3) is 4.37. The van der Waals surface area contributed by atoms with Crippen molar-refractivity contribution in [2.24, 2.45) is 56.7 Å². The Morgan fingerprint density at radius 2 is 1.41 bits per heavy atom. The lowest BCUT2D eigenvalue weighted by atomic mass is 9.31. The molecule has 1 heterocycles. The number of fused-ring (bicyclic) bond motifs is 7. The summed E-state index contributed by atoms with van der Waals surface area (Å²) in [6.45, 7) is 18.2. The molecule has 6 rings (SSSR count). The summed E-state index contributed by atoms with van der Waals surface area (Å²) in [5, 5.41) is 64.5.